The van der Waals surface area contributed by atoms with Crippen molar-refractivity contribution in [1.29, 1.82) is 0 Å². The lowest BCUT2D eigenvalue weighted by atomic mass is 10.1. The first-order valence-electron chi connectivity index (χ1n) is 5.17. The Balaban J connectivity index is 2.61. The van der Waals surface area contributed by atoms with Crippen LogP contribution in [0.3, 0.4) is 0 Å². The van der Waals surface area contributed by atoms with E-state index in [0.29, 0.717) is 6.42 Å². The van der Waals surface area contributed by atoms with Gasteiger partial charge in [0.2, 0.25) is 0 Å². The topological polar surface area (TPSA) is 84.6 Å². The van der Waals surface area contributed by atoms with E-state index in [1.54, 1.807) is 6.92 Å². The monoisotopic (exact) mass is 242 g/mol. The number of hydrogen-bond donors (Lipinski definition) is 3. The maximum Gasteiger partial charge on any atom is 0.277 e. The molecule has 17 heavy (non-hydrogen) atoms. The van der Waals surface area contributed by atoms with Gasteiger partial charge in [0.05, 0.1) is 17.4 Å². The van der Waals surface area contributed by atoms with E-state index in [1.165, 1.54) is 18.2 Å². The van der Waals surface area contributed by atoms with E-state index in [2.05, 4.69) is 5.48 Å². The second kappa shape index (κ2) is 6.17. The molecular weight excluding hydrogens is 227 g/mol. The molecule has 0 bridgehead atoms. The number of halogens is 1. The maximum absolute atomic E-state index is 13.1. The Morgan fingerprint density at radius 1 is 1.65 bits per heavy atom. The summed E-state index contributed by atoms with van der Waals surface area (Å²) in [6, 6.07) is 3.95. The van der Waals surface area contributed by atoms with E-state index in [9.17, 15) is 9.18 Å². The minimum absolute atomic E-state index is 0.0150. The largest absolute Gasteiger partial charge is 0.396 e. The first-order valence-corrected chi connectivity index (χ1v) is 5.17. The van der Waals surface area contributed by atoms with Crippen molar-refractivity contribution in [3.05, 3.63) is 29.6 Å². The highest BCUT2D eigenvalue weighted by atomic mass is 19.1. The lowest BCUT2D eigenvalue weighted by Crippen LogP contribution is -2.29. The normalized spacial score (nSPS) is 12.2. The average molecular weight is 242 g/mol. The van der Waals surface area contributed by atoms with Crippen LogP contribution in [0.4, 0.5) is 10.1 Å². The predicted molar refractivity (Wildman–Crippen MR) is 60.5 cm³/mol. The Morgan fingerprint density at radius 2 is 2.35 bits per heavy atom. The number of nitrogens with two attached hydrogens (primary N) is 1. The fourth-order valence-electron chi connectivity index (χ4n) is 1.18. The number of carbonyl (C=O) groups excluding carboxylic acids is 1. The average Bonchev–Trinajstić information content (AvgIpc) is 2.30. The van der Waals surface area contributed by atoms with E-state index in [0.717, 1.165) is 0 Å². The third kappa shape index (κ3) is 3.69. The smallest absolute Gasteiger partial charge is 0.277 e. The van der Waals surface area contributed by atoms with Crippen molar-refractivity contribution in [1.82, 2.24) is 5.48 Å². The number of hydroxylamine groups is 1. The molecule has 4 N–H and O–H groups in total. The maximum atomic E-state index is 13.1. The highest BCUT2D eigenvalue weighted by Gasteiger charge is 2.13. The number of amides is 1. The number of hydrogen-bond acceptors (Lipinski definition) is 4. The molecule has 0 radical (unpaired) electrons. The number of benzene rings is 1. The second-order valence-corrected chi connectivity index (χ2v) is 3.57. The molecule has 0 aromatic heterocycles. The van der Waals surface area contributed by atoms with Gasteiger partial charge in [0.25, 0.3) is 5.91 Å². The number of carbonyl (C=O) groups is 1. The quantitative estimate of drug-likeness (QED) is 0.527. The molecule has 1 atom stereocenters. The molecule has 0 aliphatic carbocycles. The van der Waals surface area contributed by atoms with Gasteiger partial charge in [0, 0.05) is 6.61 Å². The van der Waals surface area contributed by atoms with Crippen LogP contribution in [-0.4, -0.2) is 23.7 Å². The van der Waals surface area contributed by atoms with Crippen molar-refractivity contribution in [3.8, 4) is 0 Å². The van der Waals surface area contributed by atoms with Crippen LogP contribution in [0, 0.1) is 5.82 Å². The molecule has 0 fully saturated rings. The van der Waals surface area contributed by atoms with Crippen LogP contribution in [0.15, 0.2) is 18.2 Å². The minimum Gasteiger partial charge on any atom is -0.396 e. The Morgan fingerprint density at radius 3 is 3.00 bits per heavy atom. The number of nitrogen functional groups attached to an aromatic ring is 1. The molecule has 1 aromatic carbocycles. The summed E-state index contributed by atoms with van der Waals surface area (Å²) in [6.45, 7) is 1.64. The van der Waals surface area contributed by atoms with E-state index in [4.69, 9.17) is 15.7 Å². The van der Waals surface area contributed by atoms with Crippen molar-refractivity contribution in [2.45, 2.75) is 19.4 Å². The molecule has 0 aliphatic heterocycles. The van der Waals surface area contributed by atoms with E-state index < -0.39 is 11.7 Å². The second-order valence-electron chi connectivity index (χ2n) is 3.57. The molecule has 1 rings (SSSR count). The van der Waals surface area contributed by atoms with E-state index in [-0.39, 0.29) is 24.0 Å². The fourth-order valence-corrected chi connectivity index (χ4v) is 1.18. The van der Waals surface area contributed by atoms with Gasteiger partial charge in [-0.1, -0.05) is 6.07 Å². The Hall–Kier alpha value is -1.66. The number of para-hydroxylation sites is 1. The van der Waals surface area contributed by atoms with Crippen molar-refractivity contribution >= 4 is 11.6 Å². The first-order chi connectivity index (χ1) is 8.06. The Bertz CT molecular complexity index is 398. The van der Waals surface area contributed by atoms with Crippen LogP contribution in [0.1, 0.15) is 23.7 Å². The van der Waals surface area contributed by atoms with Gasteiger partial charge in [-0.05, 0) is 25.5 Å². The molecule has 5 nitrogen and oxygen atoms in total. The molecule has 94 valence electrons. The molecule has 1 amide bonds. The molecule has 0 saturated carbocycles. The highest BCUT2D eigenvalue weighted by Crippen LogP contribution is 2.15. The summed E-state index contributed by atoms with van der Waals surface area (Å²) >= 11 is 0. The van der Waals surface area contributed by atoms with Crippen molar-refractivity contribution < 1.29 is 19.1 Å². The summed E-state index contributed by atoms with van der Waals surface area (Å²) in [5.41, 5.74) is 7.37. The Labute approximate surface area is 98.3 Å². The summed E-state index contributed by atoms with van der Waals surface area (Å²) < 4.78 is 13.1. The fraction of sp³-hybridized carbons (Fsp3) is 0.364. The summed E-state index contributed by atoms with van der Waals surface area (Å²) in [5.74, 6) is -1.27. The van der Waals surface area contributed by atoms with Gasteiger partial charge in [-0.15, -0.1) is 0 Å². The summed E-state index contributed by atoms with van der Waals surface area (Å²) in [7, 11) is 0. The van der Waals surface area contributed by atoms with E-state index in [1.807, 2.05) is 0 Å². The molecule has 0 saturated heterocycles. The number of aliphatic hydroxyl groups excluding tert-OH is 1. The van der Waals surface area contributed by atoms with E-state index >= 15 is 0 Å². The zero-order valence-corrected chi connectivity index (χ0v) is 9.44. The lowest BCUT2D eigenvalue weighted by molar-refractivity contribution is -0.0167. The summed E-state index contributed by atoms with van der Waals surface area (Å²) in [4.78, 5) is 16.5. The molecule has 6 heteroatoms. The zero-order chi connectivity index (χ0) is 12.8. The van der Waals surface area contributed by atoms with Crippen LogP contribution in [0.2, 0.25) is 0 Å². The van der Waals surface area contributed by atoms with Crippen molar-refractivity contribution in [2.24, 2.45) is 0 Å². The van der Waals surface area contributed by atoms with Gasteiger partial charge in [-0.25, -0.2) is 9.87 Å². The number of nitrogens with one attached hydrogen (secondary N) is 1. The van der Waals surface area contributed by atoms with Gasteiger partial charge in [-0.2, -0.15) is 0 Å². The van der Waals surface area contributed by atoms with Gasteiger partial charge < -0.3 is 10.8 Å². The highest BCUT2D eigenvalue weighted by molar-refractivity contribution is 5.98. The van der Waals surface area contributed by atoms with Crippen molar-refractivity contribution in [3.63, 3.8) is 0 Å². The SMILES string of the molecule is CC(CCO)ONC(=O)c1cccc(F)c1N. The van der Waals surface area contributed by atoms with Crippen LogP contribution in [-0.2, 0) is 4.84 Å². The summed E-state index contributed by atoms with van der Waals surface area (Å²) in [6.07, 6.45) is 0.0533. The van der Waals surface area contributed by atoms with Gasteiger partial charge >= 0.3 is 0 Å². The number of aliphatic hydroxyl groups is 1. The van der Waals surface area contributed by atoms with Crippen molar-refractivity contribution in [2.75, 3.05) is 12.3 Å². The molecule has 0 heterocycles. The molecule has 1 unspecified atom stereocenters. The number of rotatable bonds is 5. The van der Waals surface area contributed by atoms with Gasteiger partial charge in [0.1, 0.15) is 5.82 Å². The van der Waals surface area contributed by atoms with Crippen LogP contribution in [0.5, 0.6) is 0 Å². The standard InChI is InChI=1S/C11H15FN2O3/c1-7(5-6-15)17-14-11(16)8-3-2-4-9(12)10(8)13/h2-4,7,15H,5-6,13H2,1H3,(H,14,16). The lowest BCUT2D eigenvalue weighted by Gasteiger charge is -2.12. The molecule has 1 aromatic rings. The van der Waals surface area contributed by atoms with Crippen LogP contribution in [0.25, 0.3) is 0 Å². The molecular formula is C11H15FN2O3. The minimum atomic E-state index is -0.652. The number of anilines is 1. The van der Waals surface area contributed by atoms with Crippen LogP contribution >= 0.6 is 0 Å². The molecule has 0 spiro atoms. The predicted octanol–water partition coefficient (Wildman–Crippen LogP) is 0.840. The van der Waals surface area contributed by atoms with Gasteiger partial charge in [0.15, 0.2) is 0 Å². The Kier molecular flexibility index (Phi) is 4.86. The zero-order valence-electron chi connectivity index (χ0n) is 9.44. The third-order valence-corrected chi connectivity index (χ3v) is 2.19. The van der Waals surface area contributed by atoms with Crippen LogP contribution < -0.4 is 11.2 Å². The van der Waals surface area contributed by atoms with Gasteiger partial charge in [-0.3, -0.25) is 9.63 Å². The molecule has 0 aliphatic rings. The third-order valence-electron chi connectivity index (χ3n) is 2.19. The first kappa shape index (κ1) is 13.4. The summed E-state index contributed by atoms with van der Waals surface area (Å²) in [5, 5.41) is 8.64.